The van der Waals surface area contributed by atoms with Crippen LogP contribution in [0.2, 0.25) is 0 Å². The molecule has 0 aromatic heterocycles. The van der Waals surface area contributed by atoms with Crippen LogP contribution in [0.1, 0.15) is 25.0 Å². The van der Waals surface area contributed by atoms with E-state index in [1.54, 1.807) is 0 Å². The van der Waals surface area contributed by atoms with Crippen LogP contribution in [0.5, 0.6) is 5.75 Å². The smallest absolute Gasteiger partial charge is 0.120 e. The molecule has 116 valence electrons. The summed E-state index contributed by atoms with van der Waals surface area (Å²) in [5.41, 5.74) is 8.44. The lowest BCUT2D eigenvalue weighted by atomic mass is 10.1. The van der Waals surface area contributed by atoms with Crippen molar-refractivity contribution < 1.29 is 4.74 Å². The maximum Gasteiger partial charge on any atom is 0.120 e. The zero-order valence-corrected chi connectivity index (χ0v) is 13.3. The van der Waals surface area contributed by atoms with Gasteiger partial charge in [0.15, 0.2) is 0 Å². The van der Waals surface area contributed by atoms with Gasteiger partial charge in [-0.2, -0.15) is 0 Å². The third-order valence-corrected chi connectivity index (χ3v) is 3.42. The Morgan fingerprint density at radius 1 is 1.09 bits per heavy atom. The first-order valence-corrected chi connectivity index (χ1v) is 7.75. The third-order valence-electron chi connectivity index (χ3n) is 3.42. The number of hydrogen-bond donors (Lipinski definition) is 1. The summed E-state index contributed by atoms with van der Waals surface area (Å²) in [5.74, 6) is 1.53. The van der Waals surface area contributed by atoms with Crippen LogP contribution in [0.4, 0.5) is 0 Å². The fourth-order valence-corrected chi connectivity index (χ4v) is 2.22. The summed E-state index contributed by atoms with van der Waals surface area (Å²) < 4.78 is 5.89. The maximum atomic E-state index is 5.99. The fraction of sp³-hybridized carbons (Fsp3) is 0.316. The first kappa shape index (κ1) is 16.1. The number of rotatable bonds is 7. The van der Waals surface area contributed by atoms with E-state index in [9.17, 15) is 0 Å². The van der Waals surface area contributed by atoms with Gasteiger partial charge >= 0.3 is 0 Å². The van der Waals surface area contributed by atoms with E-state index in [1.807, 2.05) is 37.3 Å². The van der Waals surface area contributed by atoms with E-state index < -0.39 is 0 Å². The highest BCUT2D eigenvalue weighted by atomic mass is 16.5. The summed E-state index contributed by atoms with van der Waals surface area (Å²) in [4.78, 5) is 4.43. The predicted octanol–water partition coefficient (Wildman–Crippen LogP) is 3.62. The van der Waals surface area contributed by atoms with Gasteiger partial charge in [-0.3, -0.25) is 4.99 Å². The lowest BCUT2D eigenvalue weighted by Crippen LogP contribution is -2.21. The average Bonchev–Trinajstić information content (AvgIpc) is 2.54. The summed E-state index contributed by atoms with van der Waals surface area (Å²) in [5, 5.41) is 0. The molecule has 2 aromatic rings. The van der Waals surface area contributed by atoms with E-state index in [0.29, 0.717) is 18.8 Å². The second-order valence-electron chi connectivity index (χ2n) is 5.42. The highest BCUT2D eigenvalue weighted by Gasteiger charge is 2.04. The van der Waals surface area contributed by atoms with Gasteiger partial charge in [-0.15, -0.1) is 0 Å². The predicted molar refractivity (Wildman–Crippen MR) is 92.5 cm³/mol. The molecule has 3 nitrogen and oxygen atoms in total. The largest absolute Gasteiger partial charge is 0.489 e. The van der Waals surface area contributed by atoms with Gasteiger partial charge < -0.3 is 10.5 Å². The summed E-state index contributed by atoms with van der Waals surface area (Å²) in [7, 11) is 0. The molecule has 0 aliphatic rings. The van der Waals surface area contributed by atoms with Crippen LogP contribution in [0, 0.1) is 0 Å². The molecule has 0 radical (unpaired) electrons. The molecule has 0 amide bonds. The molecule has 0 aliphatic carbocycles. The van der Waals surface area contributed by atoms with Crippen LogP contribution in [-0.4, -0.2) is 18.5 Å². The van der Waals surface area contributed by atoms with E-state index in [4.69, 9.17) is 10.5 Å². The molecule has 2 N–H and O–H groups in total. The standard InChI is InChI=1S/C19H24N2O/c1-3-16-10-7-11-18(12-16)22-15(2)14-21-19(20)13-17-8-5-4-6-9-17/h4-12,15H,3,13-14H2,1-2H3,(H2,20,21). The highest BCUT2D eigenvalue weighted by molar-refractivity contribution is 5.82. The van der Waals surface area contributed by atoms with Gasteiger partial charge in [-0.05, 0) is 36.6 Å². The van der Waals surface area contributed by atoms with E-state index >= 15 is 0 Å². The summed E-state index contributed by atoms with van der Waals surface area (Å²) in [6.45, 7) is 4.71. The molecule has 0 aliphatic heterocycles. The Labute approximate surface area is 132 Å². The molecule has 0 fully saturated rings. The topological polar surface area (TPSA) is 47.6 Å². The molecule has 0 heterocycles. The van der Waals surface area contributed by atoms with Crippen molar-refractivity contribution in [3.63, 3.8) is 0 Å². The number of nitrogens with two attached hydrogens (primary N) is 1. The van der Waals surface area contributed by atoms with Gasteiger partial charge in [-0.1, -0.05) is 49.4 Å². The minimum absolute atomic E-state index is 0.00132. The van der Waals surface area contributed by atoms with Gasteiger partial charge in [0, 0.05) is 6.42 Å². The van der Waals surface area contributed by atoms with Crippen molar-refractivity contribution in [1.29, 1.82) is 0 Å². The molecule has 3 heteroatoms. The molecule has 22 heavy (non-hydrogen) atoms. The van der Waals surface area contributed by atoms with Crippen LogP contribution in [0.3, 0.4) is 0 Å². The highest BCUT2D eigenvalue weighted by Crippen LogP contribution is 2.15. The van der Waals surface area contributed by atoms with Crippen molar-refractivity contribution in [3.8, 4) is 5.75 Å². The van der Waals surface area contributed by atoms with Crippen molar-refractivity contribution in [2.75, 3.05) is 6.54 Å². The van der Waals surface area contributed by atoms with Crippen LogP contribution in [-0.2, 0) is 12.8 Å². The van der Waals surface area contributed by atoms with Crippen molar-refractivity contribution in [1.82, 2.24) is 0 Å². The Kier molecular flexibility index (Phi) is 6.01. The number of aliphatic imine (C=N–C) groups is 1. The number of hydrogen-bond acceptors (Lipinski definition) is 2. The summed E-state index contributed by atoms with van der Waals surface area (Å²) in [6, 6.07) is 18.3. The lowest BCUT2D eigenvalue weighted by Gasteiger charge is -2.13. The molecule has 0 spiro atoms. The molecular formula is C19H24N2O. The molecular weight excluding hydrogens is 272 g/mol. The van der Waals surface area contributed by atoms with E-state index in [2.05, 4.69) is 36.2 Å². The normalized spacial score (nSPS) is 12.9. The van der Waals surface area contributed by atoms with Crippen molar-refractivity contribution in [3.05, 3.63) is 65.7 Å². The summed E-state index contributed by atoms with van der Waals surface area (Å²) >= 11 is 0. The van der Waals surface area contributed by atoms with Gasteiger partial charge in [-0.25, -0.2) is 0 Å². The fourth-order valence-electron chi connectivity index (χ4n) is 2.22. The first-order chi connectivity index (χ1) is 10.7. The van der Waals surface area contributed by atoms with Crippen LogP contribution in [0.15, 0.2) is 59.6 Å². The van der Waals surface area contributed by atoms with E-state index in [1.165, 1.54) is 11.1 Å². The molecule has 2 aromatic carbocycles. The Morgan fingerprint density at radius 2 is 1.82 bits per heavy atom. The minimum atomic E-state index is 0.00132. The number of aryl methyl sites for hydroxylation is 1. The maximum absolute atomic E-state index is 5.99. The van der Waals surface area contributed by atoms with Crippen LogP contribution in [0.25, 0.3) is 0 Å². The Bertz CT molecular complexity index is 608. The van der Waals surface area contributed by atoms with Gasteiger partial charge in [0.1, 0.15) is 11.9 Å². The van der Waals surface area contributed by atoms with Gasteiger partial charge in [0.05, 0.1) is 12.4 Å². The van der Waals surface area contributed by atoms with E-state index in [0.717, 1.165) is 12.2 Å². The molecule has 1 atom stereocenters. The monoisotopic (exact) mass is 296 g/mol. The quantitative estimate of drug-likeness (QED) is 0.626. The summed E-state index contributed by atoms with van der Waals surface area (Å²) in [6.07, 6.45) is 1.69. The molecule has 1 unspecified atom stereocenters. The van der Waals surface area contributed by atoms with Crippen molar-refractivity contribution in [2.24, 2.45) is 10.7 Å². The Balaban J connectivity index is 1.85. The van der Waals surface area contributed by atoms with Crippen LogP contribution < -0.4 is 10.5 Å². The van der Waals surface area contributed by atoms with Gasteiger partial charge in [0.25, 0.3) is 0 Å². The molecule has 2 rings (SSSR count). The first-order valence-electron chi connectivity index (χ1n) is 7.75. The zero-order chi connectivity index (χ0) is 15.8. The molecule has 0 saturated heterocycles. The average molecular weight is 296 g/mol. The second-order valence-corrected chi connectivity index (χ2v) is 5.42. The Morgan fingerprint density at radius 3 is 2.55 bits per heavy atom. The number of amidine groups is 1. The SMILES string of the molecule is CCc1cccc(OC(C)CN=C(N)Cc2ccccc2)c1. The third kappa shape index (κ3) is 5.24. The van der Waals surface area contributed by atoms with Gasteiger partial charge in [0.2, 0.25) is 0 Å². The van der Waals surface area contributed by atoms with Crippen molar-refractivity contribution >= 4 is 5.84 Å². The molecule has 0 bridgehead atoms. The second kappa shape index (κ2) is 8.23. The van der Waals surface area contributed by atoms with E-state index in [-0.39, 0.29) is 6.10 Å². The molecule has 0 saturated carbocycles. The minimum Gasteiger partial charge on any atom is -0.489 e. The lowest BCUT2D eigenvalue weighted by molar-refractivity contribution is 0.230. The number of benzene rings is 2. The number of ether oxygens (including phenoxy) is 1. The zero-order valence-electron chi connectivity index (χ0n) is 13.3. The van der Waals surface area contributed by atoms with Crippen molar-refractivity contribution in [2.45, 2.75) is 32.8 Å². The van der Waals surface area contributed by atoms with Crippen LogP contribution >= 0.6 is 0 Å². The number of nitrogens with zero attached hydrogens (tertiary/aromatic N) is 1. The Hall–Kier alpha value is -2.29.